The number of carboxylic acid groups (broad SMARTS) is 1. The van der Waals surface area contributed by atoms with Crippen molar-refractivity contribution in [1.29, 1.82) is 0 Å². The minimum atomic E-state index is -1.06. The maximum Gasteiger partial charge on any atom is 0.408 e. The molecule has 0 aliphatic heterocycles. The van der Waals surface area contributed by atoms with Crippen molar-refractivity contribution < 1.29 is 33.8 Å². The van der Waals surface area contributed by atoms with E-state index in [9.17, 15) is 19.2 Å². The molecule has 0 spiro atoms. The van der Waals surface area contributed by atoms with Crippen LogP contribution in [-0.4, -0.2) is 62.4 Å². The SMILES string of the molecule is CC(C)[C@H](NC(=O)OC(C)(C)C)C(=O)Nc1ccc(N=Nc2ccccc2)c(N)n1.CC(C)[C@H](NC(=O)OC(C)(C)C)C(=O)O.Nc1ccc(N=Nc2ccccc2)c(N)n1. The van der Waals surface area contributed by atoms with E-state index in [-0.39, 0.29) is 29.3 Å². The lowest BCUT2D eigenvalue weighted by molar-refractivity contribution is -0.140. The smallest absolute Gasteiger partial charge is 0.408 e. The number of nitrogens with one attached hydrogen (secondary N) is 3. The van der Waals surface area contributed by atoms with Gasteiger partial charge in [-0.25, -0.2) is 24.4 Å². The monoisotopic (exact) mass is 842 g/mol. The minimum Gasteiger partial charge on any atom is -0.480 e. The molecule has 0 unspecified atom stereocenters. The zero-order chi connectivity index (χ0) is 45.9. The lowest BCUT2D eigenvalue weighted by atomic mass is 10.0. The van der Waals surface area contributed by atoms with Gasteiger partial charge in [0.1, 0.15) is 46.3 Å². The Kier molecular flexibility index (Phi) is 19.2. The van der Waals surface area contributed by atoms with Crippen molar-refractivity contribution in [3.63, 3.8) is 0 Å². The number of benzene rings is 2. The number of carboxylic acids is 1. The zero-order valence-corrected chi connectivity index (χ0v) is 36.2. The summed E-state index contributed by atoms with van der Waals surface area (Å²) >= 11 is 0. The van der Waals surface area contributed by atoms with Gasteiger partial charge in [0.05, 0.1) is 11.4 Å². The fourth-order valence-electron chi connectivity index (χ4n) is 4.52. The van der Waals surface area contributed by atoms with Gasteiger partial charge in [0.15, 0.2) is 11.6 Å². The number of carbonyl (C=O) groups is 4. The number of ether oxygens (including phenoxy) is 2. The molecule has 3 amide bonds. The number of anilines is 4. The molecular weight excluding hydrogens is 785 g/mol. The van der Waals surface area contributed by atoms with Gasteiger partial charge in [-0.3, -0.25) is 4.79 Å². The fourth-order valence-corrected chi connectivity index (χ4v) is 4.52. The Balaban J connectivity index is 0.000000348. The Morgan fingerprint density at radius 3 is 1.38 bits per heavy atom. The van der Waals surface area contributed by atoms with Crippen molar-refractivity contribution in [3.05, 3.63) is 84.9 Å². The van der Waals surface area contributed by atoms with Crippen molar-refractivity contribution in [1.82, 2.24) is 20.6 Å². The predicted octanol–water partition coefficient (Wildman–Crippen LogP) is 8.85. The van der Waals surface area contributed by atoms with Gasteiger partial charge in [0.25, 0.3) is 0 Å². The summed E-state index contributed by atoms with van der Waals surface area (Å²) in [5.41, 5.74) is 18.1. The van der Waals surface area contributed by atoms with Gasteiger partial charge in [-0.2, -0.15) is 10.2 Å². The normalized spacial score (nSPS) is 12.3. The van der Waals surface area contributed by atoms with Crippen LogP contribution in [0.1, 0.15) is 69.2 Å². The third-order valence-corrected chi connectivity index (χ3v) is 7.36. The molecule has 0 saturated carbocycles. The first kappa shape index (κ1) is 50.0. The van der Waals surface area contributed by atoms with Crippen molar-refractivity contribution in [2.45, 2.75) is 92.5 Å². The number of aliphatic carboxylic acids is 1. The molecule has 19 heteroatoms. The van der Waals surface area contributed by atoms with Gasteiger partial charge in [-0.05, 0) is 102 Å². The van der Waals surface area contributed by atoms with E-state index in [1.807, 2.05) is 74.5 Å². The van der Waals surface area contributed by atoms with E-state index in [0.29, 0.717) is 22.9 Å². The molecule has 10 N–H and O–H groups in total. The van der Waals surface area contributed by atoms with Gasteiger partial charge >= 0.3 is 18.2 Å². The van der Waals surface area contributed by atoms with E-state index in [4.69, 9.17) is 31.8 Å². The van der Waals surface area contributed by atoms with E-state index >= 15 is 0 Å². The number of hydrogen-bond donors (Lipinski definition) is 7. The molecule has 0 aliphatic carbocycles. The Morgan fingerprint density at radius 1 is 0.590 bits per heavy atom. The van der Waals surface area contributed by atoms with E-state index < -0.39 is 47.3 Å². The highest BCUT2D eigenvalue weighted by Gasteiger charge is 2.28. The summed E-state index contributed by atoms with van der Waals surface area (Å²) in [6.45, 7) is 17.5. The molecule has 0 radical (unpaired) electrons. The molecule has 4 rings (SSSR count). The Labute approximate surface area is 356 Å². The van der Waals surface area contributed by atoms with Crippen molar-refractivity contribution in [2.24, 2.45) is 32.3 Å². The maximum absolute atomic E-state index is 12.7. The average molecular weight is 843 g/mol. The molecule has 0 aliphatic rings. The molecule has 2 aromatic carbocycles. The maximum atomic E-state index is 12.7. The molecule has 61 heavy (non-hydrogen) atoms. The third kappa shape index (κ3) is 19.9. The highest BCUT2D eigenvalue weighted by molar-refractivity contribution is 5.96. The van der Waals surface area contributed by atoms with E-state index in [2.05, 4.69) is 46.4 Å². The van der Waals surface area contributed by atoms with Gasteiger partial charge in [0, 0.05) is 0 Å². The summed E-state index contributed by atoms with van der Waals surface area (Å²) in [6.07, 6.45) is -1.37. The van der Waals surface area contributed by atoms with Crippen LogP contribution in [0, 0.1) is 11.8 Å². The first-order valence-electron chi connectivity index (χ1n) is 19.2. The van der Waals surface area contributed by atoms with Crippen LogP contribution in [0.5, 0.6) is 0 Å². The van der Waals surface area contributed by atoms with Crippen LogP contribution < -0.4 is 33.2 Å². The Bertz CT molecular complexity index is 2100. The average Bonchev–Trinajstić information content (AvgIpc) is 3.15. The van der Waals surface area contributed by atoms with Gasteiger partial charge in [-0.15, -0.1) is 10.2 Å². The Hall–Kier alpha value is -7.18. The quantitative estimate of drug-likeness (QED) is 0.0697. The number of alkyl carbamates (subject to hydrolysis) is 2. The largest absolute Gasteiger partial charge is 0.480 e. The number of carbonyl (C=O) groups excluding carboxylic acids is 3. The lowest BCUT2D eigenvalue weighted by Crippen LogP contribution is -2.48. The van der Waals surface area contributed by atoms with Crippen LogP contribution >= 0.6 is 0 Å². The van der Waals surface area contributed by atoms with Crippen molar-refractivity contribution in [3.8, 4) is 0 Å². The number of hydrogen-bond acceptors (Lipinski definition) is 15. The molecule has 2 atom stereocenters. The topological polar surface area (TPSA) is 296 Å². The van der Waals surface area contributed by atoms with Gasteiger partial charge in [0.2, 0.25) is 5.91 Å². The number of nitrogens with two attached hydrogens (primary N) is 3. The molecule has 2 heterocycles. The van der Waals surface area contributed by atoms with Crippen LogP contribution in [0.15, 0.2) is 105 Å². The molecule has 2 aromatic heterocycles. The standard InChI is InChI=1S/C21H28N6O3.C11H11N5.C10H19NO4/c1-13(2)17(25-20(29)30-21(3,4)5)19(28)24-16-12-11-15(18(22)23-16)27-26-14-9-7-6-8-10-14;12-10-7-6-9(11(13)14-10)16-15-8-4-2-1-3-5-8;1-6(2)7(8(12)13)11-9(14)15-10(3,4)5/h6-13,17H,1-5H3,(H,25,29)(H3,22,23,24,28);1-7H,(H4,12,13,14);6-7H,1-5H3,(H,11,14)(H,12,13)/t17-;;7-/m0.0/s1. The molecular formula is C42H58N12O7. The van der Waals surface area contributed by atoms with Gasteiger partial charge < -0.3 is 47.7 Å². The summed E-state index contributed by atoms with van der Waals surface area (Å²) in [5, 5.41) is 32.6. The first-order chi connectivity index (χ1) is 28.4. The number of rotatable bonds is 11. The number of aromatic nitrogens is 2. The number of azo groups is 2. The Morgan fingerprint density at radius 2 is 1.00 bits per heavy atom. The second-order valence-electron chi connectivity index (χ2n) is 15.9. The summed E-state index contributed by atoms with van der Waals surface area (Å²) in [7, 11) is 0. The summed E-state index contributed by atoms with van der Waals surface area (Å²) in [4.78, 5) is 54.8. The van der Waals surface area contributed by atoms with Crippen LogP contribution in [0.4, 0.5) is 55.6 Å². The number of pyridine rings is 2. The van der Waals surface area contributed by atoms with Crippen LogP contribution in [-0.2, 0) is 19.1 Å². The molecule has 19 nitrogen and oxygen atoms in total. The molecule has 0 bridgehead atoms. The number of amides is 3. The van der Waals surface area contributed by atoms with E-state index in [1.54, 1.807) is 79.7 Å². The molecule has 0 fully saturated rings. The highest BCUT2D eigenvalue weighted by Crippen LogP contribution is 2.25. The van der Waals surface area contributed by atoms with Crippen molar-refractivity contribution in [2.75, 3.05) is 22.5 Å². The predicted molar refractivity (Wildman–Crippen MR) is 235 cm³/mol. The fraction of sp³-hybridized carbons (Fsp3) is 0.381. The van der Waals surface area contributed by atoms with Crippen molar-refractivity contribution >= 4 is 70.1 Å². The van der Waals surface area contributed by atoms with E-state index in [1.165, 1.54) is 0 Å². The molecule has 0 saturated heterocycles. The second-order valence-corrected chi connectivity index (χ2v) is 15.9. The van der Waals surface area contributed by atoms with Crippen LogP contribution in [0.3, 0.4) is 0 Å². The van der Waals surface area contributed by atoms with Crippen LogP contribution in [0.2, 0.25) is 0 Å². The number of nitrogen functional groups attached to an aromatic ring is 3. The zero-order valence-electron chi connectivity index (χ0n) is 36.2. The third-order valence-electron chi connectivity index (χ3n) is 7.36. The van der Waals surface area contributed by atoms with Crippen LogP contribution in [0.25, 0.3) is 0 Å². The second kappa shape index (κ2) is 23.4. The lowest BCUT2D eigenvalue weighted by Gasteiger charge is -2.25. The first-order valence-corrected chi connectivity index (χ1v) is 19.2. The molecule has 4 aromatic rings. The number of nitrogens with zero attached hydrogens (tertiary/aromatic N) is 6. The summed E-state index contributed by atoms with van der Waals surface area (Å²) in [6, 6.07) is 23.4. The summed E-state index contributed by atoms with van der Waals surface area (Å²) < 4.78 is 10.2. The minimum absolute atomic E-state index is 0.119. The van der Waals surface area contributed by atoms with E-state index in [0.717, 1.165) is 5.69 Å². The summed E-state index contributed by atoms with van der Waals surface area (Å²) in [5.74, 6) is -0.835. The highest BCUT2D eigenvalue weighted by atomic mass is 16.6. The molecule has 328 valence electrons. The van der Waals surface area contributed by atoms with Gasteiger partial charge in [-0.1, -0.05) is 64.1 Å².